The third-order valence-corrected chi connectivity index (χ3v) is 3.79. The van der Waals surface area contributed by atoms with Crippen LogP contribution in [-0.2, 0) is 5.41 Å². The zero-order valence-corrected chi connectivity index (χ0v) is 13.6. The Morgan fingerprint density at radius 1 is 0.739 bits per heavy atom. The van der Waals surface area contributed by atoms with Crippen LogP contribution in [-0.4, -0.2) is 59.9 Å². The molecule has 0 aliphatic heterocycles. The lowest BCUT2D eigenvalue weighted by molar-refractivity contribution is 0.596. The summed E-state index contributed by atoms with van der Waals surface area (Å²) in [5, 5.41) is 0. The van der Waals surface area contributed by atoms with E-state index in [9.17, 15) is 0 Å². The minimum Gasteiger partial charge on any atom is -0.265 e. The number of hydrogen-bond acceptors (Lipinski definition) is 1. The molecule has 23 heavy (non-hydrogen) atoms. The maximum absolute atomic E-state index is 6.19. The van der Waals surface area contributed by atoms with Crippen LogP contribution in [0.25, 0.3) is 11.3 Å². The Balaban J connectivity index is 2.83. The van der Waals surface area contributed by atoms with Crippen molar-refractivity contribution in [3.63, 3.8) is 0 Å². The first-order chi connectivity index (χ1) is 10.5. The molecule has 1 heterocycles. The largest absolute Gasteiger partial charge is 0.265 e. The SMILES string of the molecule is [B]c1cc(-c2nc([B])c(C(C)(C)C)c([B])c2[B])c([B])c([B])c1[B]. The van der Waals surface area contributed by atoms with Gasteiger partial charge in [-0.05, 0) is 22.1 Å². The number of hydrogen-bond donors (Lipinski definition) is 0. The summed E-state index contributed by atoms with van der Waals surface area (Å²) >= 11 is 0. The Labute approximate surface area is 147 Å². The van der Waals surface area contributed by atoms with E-state index in [1.54, 1.807) is 6.07 Å². The normalized spacial score (nSPS) is 11.6. The molecule has 0 aliphatic rings. The van der Waals surface area contributed by atoms with Crippen molar-refractivity contribution in [3.05, 3.63) is 11.6 Å². The summed E-state index contributed by atoms with van der Waals surface area (Å²) in [4.78, 5) is 4.38. The summed E-state index contributed by atoms with van der Waals surface area (Å²) in [6.07, 6.45) is 0. The van der Waals surface area contributed by atoms with Crippen molar-refractivity contribution in [2.75, 3.05) is 0 Å². The second-order valence-corrected chi connectivity index (χ2v) is 6.55. The van der Waals surface area contributed by atoms with Gasteiger partial charge in [0.25, 0.3) is 0 Å². The standard InChI is InChI=1S/C15H10B7N/c1-15(2,3)7-10(19)12(21)13(23-14(7)22)5-4-6(16)9(18)11(20)8(5)17/h4H,1-3H3. The molecule has 2 aromatic rings. The lowest BCUT2D eigenvalue weighted by Gasteiger charge is -2.28. The van der Waals surface area contributed by atoms with Crippen LogP contribution in [0.2, 0.25) is 0 Å². The first-order valence-corrected chi connectivity index (χ1v) is 7.05. The summed E-state index contributed by atoms with van der Waals surface area (Å²) in [6.45, 7) is 5.93. The Morgan fingerprint density at radius 2 is 1.30 bits per heavy atom. The maximum Gasteiger partial charge on any atom is 0.142 e. The van der Waals surface area contributed by atoms with Crippen molar-refractivity contribution in [1.29, 1.82) is 0 Å². The minimum atomic E-state index is -0.307. The molecule has 0 saturated carbocycles. The monoisotopic (exact) mass is 281 g/mol. The van der Waals surface area contributed by atoms with E-state index < -0.39 is 0 Å². The van der Waals surface area contributed by atoms with Gasteiger partial charge in [0.15, 0.2) is 0 Å². The number of benzene rings is 1. The van der Waals surface area contributed by atoms with Crippen LogP contribution >= 0.6 is 0 Å². The van der Waals surface area contributed by atoms with Crippen LogP contribution < -0.4 is 38.4 Å². The third kappa shape index (κ3) is 3.10. The van der Waals surface area contributed by atoms with Gasteiger partial charge in [-0.25, -0.2) is 0 Å². The average molecular weight is 280 g/mol. The van der Waals surface area contributed by atoms with E-state index in [0.29, 0.717) is 22.3 Å². The second kappa shape index (κ2) is 6.04. The molecule has 0 saturated heterocycles. The van der Waals surface area contributed by atoms with Gasteiger partial charge < -0.3 is 0 Å². The van der Waals surface area contributed by atoms with Gasteiger partial charge in [0, 0.05) is 0 Å². The van der Waals surface area contributed by atoms with E-state index in [1.165, 1.54) is 0 Å². The minimum absolute atomic E-state index is 0.179. The lowest BCUT2D eigenvalue weighted by Crippen LogP contribution is -2.49. The molecule has 2 rings (SSSR count). The maximum atomic E-state index is 6.19. The van der Waals surface area contributed by atoms with Crippen molar-refractivity contribution in [2.45, 2.75) is 26.2 Å². The second-order valence-electron chi connectivity index (χ2n) is 6.55. The van der Waals surface area contributed by atoms with E-state index in [4.69, 9.17) is 54.9 Å². The van der Waals surface area contributed by atoms with Gasteiger partial charge in [0.1, 0.15) is 54.9 Å². The van der Waals surface area contributed by atoms with Gasteiger partial charge in [-0.15, -0.1) is 16.4 Å². The van der Waals surface area contributed by atoms with E-state index >= 15 is 0 Å². The van der Waals surface area contributed by atoms with Gasteiger partial charge in [0.2, 0.25) is 0 Å². The molecule has 8 heteroatoms. The molecule has 1 aromatic heterocycles. The lowest BCUT2D eigenvalue weighted by atomic mass is 9.63. The predicted octanol–water partition coefficient (Wildman–Crippen LogP) is -4.40. The predicted molar refractivity (Wildman–Crippen MR) is 106 cm³/mol. The Hall–Kier alpha value is -1.18. The van der Waals surface area contributed by atoms with Crippen molar-refractivity contribution in [3.8, 4) is 11.3 Å². The zero-order valence-electron chi connectivity index (χ0n) is 13.6. The molecule has 0 atom stereocenters. The average Bonchev–Trinajstić information content (AvgIpc) is 2.43. The van der Waals surface area contributed by atoms with Crippen molar-refractivity contribution in [2.24, 2.45) is 0 Å². The third-order valence-electron chi connectivity index (χ3n) is 3.79. The first kappa shape index (κ1) is 18.2. The van der Waals surface area contributed by atoms with Crippen LogP contribution in [0.4, 0.5) is 0 Å². The quantitative estimate of drug-likeness (QED) is 0.481. The topological polar surface area (TPSA) is 12.9 Å². The summed E-state index contributed by atoms with van der Waals surface area (Å²) in [5.41, 5.74) is 3.01. The summed E-state index contributed by atoms with van der Waals surface area (Å²) in [5.74, 6) is 0. The van der Waals surface area contributed by atoms with Crippen LogP contribution in [0.1, 0.15) is 26.3 Å². The number of nitrogens with zero attached hydrogens (tertiary/aromatic N) is 1. The highest BCUT2D eigenvalue weighted by Gasteiger charge is 2.22. The molecule has 0 aliphatic carbocycles. The van der Waals surface area contributed by atoms with Crippen molar-refractivity contribution >= 4 is 93.3 Å². The van der Waals surface area contributed by atoms with E-state index in [1.807, 2.05) is 20.8 Å². The Bertz CT molecular complexity index is 794. The molecule has 1 aromatic carbocycles. The fraction of sp³-hybridized carbons (Fsp3) is 0.267. The highest BCUT2D eigenvalue weighted by molar-refractivity contribution is 6.64. The van der Waals surface area contributed by atoms with Crippen molar-refractivity contribution in [1.82, 2.24) is 4.98 Å². The summed E-state index contributed by atoms with van der Waals surface area (Å²) in [7, 11) is 42.0. The van der Waals surface area contributed by atoms with Gasteiger partial charge >= 0.3 is 0 Å². The number of rotatable bonds is 1. The molecule has 0 N–H and O–H groups in total. The van der Waals surface area contributed by atoms with Gasteiger partial charge in [-0.1, -0.05) is 43.2 Å². The molecule has 0 unspecified atom stereocenters. The fourth-order valence-electron chi connectivity index (χ4n) is 2.58. The van der Waals surface area contributed by atoms with E-state index in [-0.39, 0.29) is 38.3 Å². The summed E-state index contributed by atoms with van der Waals surface area (Å²) in [6, 6.07) is 1.56. The molecule has 96 valence electrons. The fourth-order valence-corrected chi connectivity index (χ4v) is 2.58. The first-order valence-electron chi connectivity index (χ1n) is 7.05. The van der Waals surface area contributed by atoms with Crippen LogP contribution in [0.15, 0.2) is 6.07 Å². The highest BCUT2D eigenvalue weighted by Crippen LogP contribution is 2.18. The van der Waals surface area contributed by atoms with Crippen LogP contribution in [0.3, 0.4) is 0 Å². The molecule has 1 nitrogen and oxygen atoms in total. The molecule has 0 amide bonds. The molecular weight excluding hydrogens is 270 g/mol. The zero-order chi connectivity index (χ0) is 17.7. The molecule has 0 fully saturated rings. The molecule has 0 bridgehead atoms. The molecular formula is C15H10B7N. The summed E-state index contributed by atoms with van der Waals surface area (Å²) < 4.78 is 0. The van der Waals surface area contributed by atoms with Gasteiger partial charge in [-0.3, -0.25) is 4.98 Å². The van der Waals surface area contributed by atoms with Crippen LogP contribution in [0.5, 0.6) is 0 Å². The smallest absolute Gasteiger partial charge is 0.142 e. The number of aromatic nitrogens is 1. The highest BCUT2D eigenvalue weighted by atomic mass is 14.7. The Morgan fingerprint density at radius 3 is 1.83 bits per heavy atom. The van der Waals surface area contributed by atoms with E-state index in [2.05, 4.69) is 4.98 Å². The number of pyridine rings is 1. The van der Waals surface area contributed by atoms with Crippen molar-refractivity contribution < 1.29 is 0 Å². The van der Waals surface area contributed by atoms with Gasteiger partial charge in [0.05, 0.1) is 5.69 Å². The Kier molecular flexibility index (Phi) is 4.77. The molecule has 14 radical (unpaired) electrons. The van der Waals surface area contributed by atoms with Gasteiger partial charge in [-0.2, -0.15) is 0 Å². The van der Waals surface area contributed by atoms with E-state index in [0.717, 1.165) is 0 Å². The molecule has 0 spiro atoms. The van der Waals surface area contributed by atoms with Crippen LogP contribution in [0, 0.1) is 0 Å².